The highest BCUT2D eigenvalue weighted by molar-refractivity contribution is 9.09. The van der Waals surface area contributed by atoms with Crippen molar-refractivity contribution in [2.45, 2.75) is 4.83 Å². The Morgan fingerprint density at radius 3 is 2.65 bits per heavy atom. The molecule has 0 aliphatic rings. The summed E-state index contributed by atoms with van der Waals surface area (Å²) < 4.78 is 0. The number of amides is 1. The Morgan fingerprint density at radius 1 is 1.24 bits per heavy atom. The molecule has 0 radical (unpaired) electrons. The summed E-state index contributed by atoms with van der Waals surface area (Å²) in [6, 6.07) is 13.7. The van der Waals surface area contributed by atoms with Crippen molar-refractivity contribution >= 4 is 33.2 Å². The number of benzene rings is 1. The van der Waals surface area contributed by atoms with E-state index < -0.39 is 0 Å². The molecular weight excluding hydrogens is 298 g/mol. The molecule has 88 valence electrons. The summed E-state index contributed by atoms with van der Waals surface area (Å²) >= 11 is 5.02. The topological polar surface area (TPSA) is 29.1 Å². The third kappa shape index (κ3) is 3.41. The average Bonchev–Trinajstić information content (AvgIpc) is 2.90. The molecule has 1 aromatic carbocycles. The van der Waals surface area contributed by atoms with Gasteiger partial charge in [0.05, 0.1) is 9.70 Å². The smallest absolute Gasteiger partial charge is 0.261 e. The lowest BCUT2D eigenvalue weighted by Crippen LogP contribution is -2.25. The molecule has 2 nitrogen and oxygen atoms in total. The summed E-state index contributed by atoms with van der Waals surface area (Å²) in [5.74, 6) is -0.0135. The van der Waals surface area contributed by atoms with Crippen LogP contribution in [0.15, 0.2) is 47.8 Å². The number of nitrogens with one attached hydrogen (secondary N) is 1. The quantitative estimate of drug-likeness (QED) is 0.859. The Bertz CT molecular complexity index is 469. The number of rotatable bonds is 4. The fraction of sp³-hybridized carbons (Fsp3) is 0.154. The van der Waals surface area contributed by atoms with Crippen molar-refractivity contribution in [1.29, 1.82) is 0 Å². The Hall–Kier alpha value is -1.13. The van der Waals surface area contributed by atoms with Crippen molar-refractivity contribution in [2.24, 2.45) is 0 Å². The number of thiophene rings is 1. The minimum atomic E-state index is -0.0135. The van der Waals surface area contributed by atoms with Gasteiger partial charge < -0.3 is 5.32 Å². The Balaban J connectivity index is 1.89. The van der Waals surface area contributed by atoms with E-state index in [1.165, 1.54) is 16.9 Å². The summed E-state index contributed by atoms with van der Waals surface area (Å²) in [6.07, 6.45) is 0. The lowest BCUT2D eigenvalue weighted by molar-refractivity contribution is 0.0958. The maximum absolute atomic E-state index is 11.7. The highest BCUT2D eigenvalue weighted by Gasteiger charge is 2.10. The van der Waals surface area contributed by atoms with E-state index in [1.54, 1.807) is 0 Å². The maximum atomic E-state index is 11.7. The van der Waals surface area contributed by atoms with Gasteiger partial charge in [-0.3, -0.25) is 4.79 Å². The van der Waals surface area contributed by atoms with Gasteiger partial charge in [-0.25, -0.2) is 0 Å². The first-order valence-corrected chi connectivity index (χ1v) is 7.07. The van der Waals surface area contributed by atoms with Crippen LogP contribution in [0.2, 0.25) is 0 Å². The molecule has 4 heteroatoms. The molecular formula is C13H12BrNOS. The molecule has 1 aromatic heterocycles. The molecule has 1 atom stereocenters. The van der Waals surface area contributed by atoms with E-state index in [1.807, 2.05) is 47.8 Å². The first-order chi connectivity index (χ1) is 8.27. The summed E-state index contributed by atoms with van der Waals surface area (Å²) in [6.45, 7) is 0.584. The summed E-state index contributed by atoms with van der Waals surface area (Å²) in [7, 11) is 0. The molecule has 0 aliphatic carbocycles. The van der Waals surface area contributed by atoms with Crippen LogP contribution in [0.3, 0.4) is 0 Å². The highest BCUT2D eigenvalue weighted by Crippen LogP contribution is 2.21. The fourth-order valence-electron chi connectivity index (χ4n) is 1.46. The van der Waals surface area contributed by atoms with Crippen LogP contribution < -0.4 is 5.32 Å². The van der Waals surface area contributed by atoms with Gasteiger partial charge in [-0.15, -0.1) is 11.3 Å². The van der Waals surface area contributed by atoms with E-state index in [-0.39, 0.29) is 10.7 Å². The van der Waals surface area contributed by atoms with E-state index in [4.69, 9.17) is 0 Å². The number of alkyl halides is 1. The SMILES string of the molecule is O=C(NCC(Br)c1ccccc1)c1cccs1. The maximum Gasteiger partial charge on any atom is 0.261 e. The number of carbonyl (C=O) groups excluding carboxylic acids is 1. The lowest BCUT2D eigenvalue weighted by atomic mass is 10.1. The molecule has 0 aliphatic heterocycles. The molecule has 17 heavy (non-hydrogen) atoms. The van der Waals surface area contributed by atoms with Crippen molar-refractivity contribution in [2.75, 3.05) is 6.54 Å². The molecule has 0 spiro atoms. The van der Waals surface area contributed by atoms with Crippen LogP contribution in [0.25, 0.3) is 0 Å². The molecule has 1 heterocycles. The van der Waals surface area contributed by atoms with Crippen molar-refractivity contribution < 1.29 is 4.79 Å². The monoisotopic (exact) mass is 309 g/mol. The van der Waals surface area contributed by atoms with Gasteiger partial charge >= 0.3 is 0 Å². The molecule has 1 unspecified atom stereocenters. The fourth-order valence-corrected chi connectivity index (χ4v) is 2.56. The zero-order valence-corrected chi connectivity index (χ0v) is 11.5. The van der Waals surface area contributed by atoms with Gasteiger partial charge in [0.1, 0.15) is 0 Å². The van der Waals surface area contributed by atoms with E-state index in [2.05, 4.69) is 21.2 Å². The molecule has 0 saturated heterocycles. The number of halogens is 1. The van der Waals surface area contributed by atoms with Crippen LogP contribution in [0.1, 0.15) is 20.1 Å². The minimum Gasteiger partial charge on any atom is -0.350 e. The zero-order valence-electron chi connectivity index (χ0n) is 9.10. The van der Waals surface area contributed by atoms with E-state index in [9.17, 15) is 4.79 Å². The Kier molecular flexibility index (Phi) is 4.34. The predicted molar refractivity (Wildman–Crippen MR) is 74.8 cm³/mol. The minimum absolute atomic E-state index is 0.0135. The zero-order chi connectivity index (χ0) is 12.1. The second-order valence-electron chi connectivity index (χ2n) is 3.57. The summed E-state index contributed by atoms with van der Waals surface area (Å²) in [5, 5.41) is 4.81. The molecule has 0 bridgehead atoms. The second-order valence-corrected chi connectivity index (χ2v) is 5.62. The predicted octanol–water partition coefficient (Wildman–Crippen LogP) is 3.61. The largest absolute Gasteiger partial charge is 0.350 e. The van der Waals surface area contributed by atoms with Crippen LogP contribution >= 0.6 is 27.3 Å². The molecule has 0 fully saturated rings. The van der Waals surface area contributed by atoms with Crippen molar-refractivity contribution in [3.05, 3.63) is 58.3 Å². The van der Waals surface area contributed by atoms with Crippen LogP contribution in [-0.4, -0.2) is 12.5 Å². The molecule has 2 rings (SSSR count). The number of hydrogen-bond acceptors (Lipinski definition) is 2. The summed E-state index contributed by atoms with van der Waals surface area (Å²) in [4.78, 5) is 12.6. The van der Waals surface area contributed by atoms with Gasteiger partial charge in [-0.2, -0.15) is 0 Å². The molecule has 0 saturated carbocycles. The second kappa shape index (κ2) is 5.98. The van der Waals surface area contributed by atoms with Gasteiger partial charge in [0.15, 0.2) is 0 Å². The van der Waals surface area contributed by atoms with Crippen molar-refractivity contribution in [1.82, 2.24) is 5.32 Å². The van der Waals surface area contributed by atoms with E-state index in [0.717, 1.165) is 4.88 Å². The Labute approximate surface area is 113 Å². The first kappa shape index (κ1) is 12.3. The highest BCUT2D eigenvalue weighted by atomic mass is 79.9. The lowest BCUT2D eigenvalue weighted by Gasteiger charge is -2.10. The normalized spacial score (nSPS) is 12.1. The summed E-state index contributed by atoms with van der Waals surface area (Å²) in [5.41, 5.74) is 1.17. The van der Waals surface area contributed by atoms with Crippen LogP contribution in [0.5, 0.6) is 0 Å². The van der Waals surface area contributed by atoms with Gasteiger partial charge in [0.2, 0.25) is 0 Å². The molecule has 1 N–H and O–H groups in total. The van der Waals surface area contributed by atoms with E-state index >= 15 is 0 Å². The number of carbonyl (C=O) groups is 1. The van der Waals surface area contributed by atoms with Gasteiger partial charge in [-0.05, 0) is 17.0 Å². The van der Waals surface area contributed by atoms with Crippen molar-refractivity contribution in [3.8, 4) is 0 Å². The standard InChI is InChI=1S/C13H12BrNOS/c14-11(10-5-2-1-3-6-10)9-15-13(16)12-7-4-8-17-12/h1-8,11H,9H2,(H,15,16). The van der Waals surface area contributed by atoms with Gasteiger partial charge in [0, 0.05) is 6.54 Å². The molecule has 2 aromatic rings. The van der Waals surface area contributed by atoms with E-state index in [0.29, 0.717) is 6.54 Å². The first-order valence-electron chi connectivity index (χ1n) is 5.28. The van der Waals surface area contributed by atoms with Gasteiger partial charge in [-0.1, -0.05) is 52.3 Å². The van der Waals surface area contributed by atoms with Crippen LogP contribution in [0, 0.1) is 0 Å². The number of hydrogen-bond donors (Lipinski definition) is 1. The van der Waals surface area contributed by atoms with Crippen LogP contribution in [-0.2, 0) is 0 Å². The average molecular weight is 310 g/mol. The van der Waals surface area contributed by atoms with Crippen molar-refractivity contribution in [3.63, 3.8) is 0 Å². The Morgan fingerprint density at radius 2 is 2.00 bits per heavy atom. The molecule has 1 amide bonds. The third-order valence-electron chi connectivity index (χ3n) is 2.35. The van der Waals surface area contributed by atoms with Gasteiger partial charge in [0.25, 0.3) is 5.91 Å². The van der Waals surface area contributed by atoms with Crippen LogP contribution in [0.4, 0.5) is 0 Å². The third-order valence-corrected chi connectivity index (χ3v) is 4.07.